The van der Waals surface area contributed by atoms with Gasteiger partial charge >= 0.3 is 0 Å². The normalized spacial score (nSPS) is 23.9. The van der Waals surface area contributed by atoms with Gasteiger partial charge in [-0.25, -0.2) is 0 Å². The van der Waals surface area contributed by atoms with Crippen molar-refractivity contribution in [3.8, 4) is 0 Å². The Bertz CT molecular complexity index is 250. The number of carbonyl (C=O) groups is 1. The molecule has 2 atom stereocenters. The number of Topliss-reactive ketones (excluding diaryl/α,β-unsaturated/α-hetero) is 1. The maximum atomic E-state index is 12.3. The van der Waals surface area contributed by atoms with Crippen molar-refractivity contribution in [1.82, 2.24) is 0 Å². The Morgan fingerprint density at radius 1 is 1.53 bits per heavy atom. The van der Waals surface area contributed by atoms with Gasteiger partial charge in [-0.3, -0.25) is 4.79 Å². The van der Waals surface area contributed by atoms with Gasteiger partial charge in [0.2, 0.25) is 0 Å². The van der Waals surface area contributed by atoms with E-state index in [0.717, 1.165) is 6.42 Å². The van der Waals surface area contributed by atoms with Crippen LogP contribution in [0.5, 0.6) is 0 Å². The standard InChI is InChI=1S/C14H24O/c1-5-11(2)13(15)14(3,4)12-9-7-6-8-10-12/h7,9,11-12H,5-6,8,10H2,1-4H3/t11-,12-/m1/s1. The fourth-order valence-electron chi connectivity index (χ4n) is 2.42. The Labute approximate surface area is 93.9 Å². The van der Waals surface area contributed by atoms with Crippen LogP contribution in [0.1, 0.15) is 53.4 Å². The molecule has 0 aromatic carbocycles. The fraction of sp³-hybridized carbons (Fsp3) is 0.786. The molecule has 1 rings (SSSR count). The summed E-state index contributed by atoms with van der Waals surface area (Å²) in [6.07, 6.45) is 9.04. The smallest absolute Gasteiger partial charge is 0.141 e. The maximum absolute atomic E-state index is 12.3. The first-order valence-corrected chi connectivity index (χ1v) is 6.21. The van der Waals surface area contributed by atoms with Crippen LogP contribution >= 0.6 is 0 Å². The Kier molecular flexibility index (Phi) is 4.12. The van der Waals surface area contributed by atoms with Crippen molar-refractivity contribution >= 4 is 5.78 Å². The molecular weight excluding hydrogens is 184 g/mol. The van der Waals surface area contributed by atoms with Crippen molar-refractivity contribution in [2.24, 2.45) is 17.3 Å². The average Bonchev–Trinajstić information content (AvgIpc) is 2.28. The lowest BCUT2D eigenvalue weighted by Crippen LogP contribution is -2.36. The van der Waals surface area contributed by atoms with Crippen LogP contribution in [-0.2, 0) is 4.79 Å². The van der Waals surface area contributed by atoms with Crippen LogP contribution in [-0.4, -0.2) is 5.78 Å². The zero-order valence-electron chi connectivity index (χ0n) is 10.5. The van der Waals surface area contributed by atoms with Gasteiger partial charge in [0.05, 0.1) is 0 Å². The molecule has 1 nitrogen and oxygen atoms in total. The number of ketones is 1. The summed E-state index contributed by atoms with van der Waals surface area (Å²) >= 11 is 0. The Hall–Kier alpha value is -0.590. The van der Waals surface area contributed by atoms with E-state index in [-0.39, 0.29) is 11.3 Å². The number of hydrogen-bond acceptors (Lipinski definition) is 1. The predicted molar refractivity (Wildman–Crippen MR) is 64.7 cm³/mol. The van der Waals surface area contributed by atoms with Gasteiger partial charge in [0.25, 0.3) is 0 Å². The van der Waals surface area contributed by atoms with Gasteiger partial charge in [0.15, 0.2) is 0 Å². The number of allylic oxidation sites excluding steroid dienone is 2. The SMILES string of the molecule is CC[C@@H](C)C(=O)C(C)(C)[C@@H]1C=CCCC1. The minimum absolute atomic E-state index is 0.174. The molecule has 0 amide bonds. The summed E-state index contributed by atoms with van der Waals surface area (Å²) in [5.41, 5.74) is -0.174. The summed E-state index contributed by atoms with van der Waals surface area (Å²) in [4.78, 5) is 12.3. The van der Waals surface area contributed by atoms with Crippen LogP contribution in [0.4, 0.5) is 0 Å². The van der Waals surface area contributed by atoms with Gasteiger partial charge in [-0.05, 0) is 31.6 Å². The monoisotopic (exact) mass is 208 g/mol. The van der Waals surface area contributed by atoms with E-state index in [2.05, 4.69) is 39.8 Å². The largest absolute Gasteiger partial charge is 0.299 e. The summed E-state index contributed by atoms with van der Waals surface area (Å²) in [6, 6.07) is 0. The minimum atomic E-state index is -0.174. The lowest BCUT2D eigenvalue weighted by molar-refractivity contribution is -0.132. The highest BCUT2D eigenvalue weighted by molar-refractivity contribution is 5.86. The molecule has 1 heteroatoms. The molecule has 0 saturated carbocycles. The van der Waals surface area contributed by atoms with E-state index in [1.165, 1.54) is 19.3 Å². The van der Waals surface area contributed by atoms with E-state index < -0.39 is 0 Å². The molecule has 0 heterocycles. The maximum Gasteiger partial charge on any atom is 0.141 e. The third-order valence-corrected chi connectivity index (χ3v) is 3.88. The Morgan fingerprint density at radius 2 is 2.20 bits per heavy atom. The zero-order valence-corrected chi connectivity index (χ0v) is 10.5. The second kappa shape index (κ2) is 4.96. The van der Waals surface area contributed by atoms with Crippen LogP contribution in [0.3, 0.4) is 0 Å². The van der Waals surface area contributed by atoms with E-state index in [1.807, 2.05) is 0 Å². The molecule has 0 bridgehead atoms. The topological polar surface area (TPSA) is 17.1 Å². The van der Waals surface area contributed by atoms with Crippen molar-refractivity contribution in [3.05, 3.63) is 12.2 Å². The highest BCUT2D eigenvalue weighted by atomic mass is 16.1. The first kappa shape index (κ1) is 12.5. The van der Waals surface area contributed by atoms with Gasteiger partial charge in [0, 0.05) is 11.3 Å². The predicted octanol–water partition coefficient (Wildman–Crippen LogP) is 3.98. The number of rotatable bonds is 4. The molecule has 1 aliphatic carbocycles. The molecule has 1 aliphatic rings. The summed E-state index contributed by atoms with van der Waals surface area (Å²) in [6.45, 7) is 8.37. The first-order chi connectivity index (χ1) is 7.00. The molecule has 86 valence electrons. The molecule has 0 aromatic rings. The van der Waals surface area contributed by atoms with E-state index in [4.69, 9.17) is 0 Å². The Balaban J connectivity index is 2.76. The summed E-state index contributed by atoms with van der Waals surface area (Å²) in [7, 11) is 0. The van der Waals surface area contributed by atoms with E-state index in [1.54, 1.807) is 0 Å². The third kappa shape index (κ3) is 2.70. The van der Waals surface area contributed by atoms with Gasteiger partial charge in [0.1, 0.15) is 5.78 Å². The molecule has 0 aromatic heterocycles. The molecule has 15 heavy (non-hydrogen) atoms. The van der Waals surface area contributed by atoms with E-state index in [0.29, 0.717) is 11.7 Å². The summed E-state index contributed by atoms with van der Waals surface area (Å²) in [5.74, 6) is 1.09. The average molecular weight is 208 g/mol. The molecule has 0 unspecified atom stereocenters. The van der Waals surface area contributed by atoms with Gasteiger partial charge in [-0.2, -0.15) is 0 Å². The van der Waals surface area contributed by atoms with Crippen molar-refractivity contribution in [2.45, 2.75) is 53.4 Å². The second-order valence-corrected chi connectivity index (χ2v) is 5.36. The summed E-state index contributed by atoms with van der Waals surface area (Å²) in [5, 5.41) is 0. The van der Waals surface area contributed by atoms with E-state index in [9.17, 15) is 4.79 Å². The van der Waals surface area contributed by atoms with Gasteiger partial charge in [-0.15, -0.1) is 0 Å². The van der Waals surface area contributed by atoms with Gasteiger partial charge < -0.3 is 0 Å². The molecule has 0 spiro atoms. The number of carbonyl (C=O) groups excluding carboxylic acids is 1. The highest BCUT2D eigenvalue weighted by Gasteiger charge is 2.37. The molecule has 0 aliphatic heterocycles. The second-order valence-electron chi connectivity index (χ2n) is 5.36. The van der Waals surface area contributed by atoms with Crippen molar-refractivity contribution in [2.75, 3.05) is 0 Å². The van der Waals surface area contributed by atoms with Crippen LogP contribution in [0.2, 0.25) is 0 Å². The van der Waals surface area contributed by atoms with Gasteiger partial charge in [-0.1, -0.05) is 39.8 Å². The molecule has 0 saturated heterocycles. The molecule has 0 N–H and O–H groups in total. The van der Waals surface area contributed by atoms with Crippen molar-refractivity contribution in [1.29, 1.82) is 0 Å². The van der Waals surface area contributed by atoms with E-state index >= 15 is 0 Å². The Morgan fingerprint density at radius 3 is 2.67 bits per heavy atom. The van der Waals surface area contributed by atoms with Crippen LogP contribution in [0.15, 0.2) is 12.2 Å². The van der Waals surface area contributed by atoms with Crippen LogP contribution in [0.25, 0.3) is 0 Å². The minimum Gasteiger partial charge on any atom is -0.299 e. The lowest BCUT2D eigenvalue weighted by Gasteiger charge is -2.34. The van der Waals surface area contributed by atoms with Crippen molar-refractivity contribution < 1.29 is 4.79 Å². The van der Waals surface area contributed by atoms with Crippen LogP contribution < -0.4 is 0 Å². The quantitative estimate of drug-likeness (QED) is 0.639. The third-order valence-electron chi connectivity index (χ3n) is 3.88. The first-order valence-electron chi connectivity index (χ1n) is 6.21. The molecule has 0 fully saturated rings. The van der Waals surface area contributed by atoms with Crippen molar-refractivity contribution in [3.63, 3.8) is 0 Å². The van der Waals surface area contributed by atoms with Crippen LogP contribution in [0, 0.1) is 17.3 Å². The molecular formula is C14H24O. The zero-order chi connectivity index (χ0) is 11.5. The lowest BCUT2D eigenvalue weighted by atomic mass is 9.68. The number of hydrogen-bond donors (Lipinski definition) is 0. The fourth-order valence-corrected chi connectivity index (χ4v) is 2.42. The highest BCUT2D eigenvalue weighted by Crippen LogP contribution is 2.37. The molecule has 0 radical (unpaired) electrons. The summed E-state index contributed by atoms with van der Waals surface area (Å²) < 4.78 is 0.